The predicted molar refractivity (Wildman–Crippen MR) is 90.2 cm³/mol. The van der Waals surface area contributed by atoms with Crippen molar-refractivity contribution in [2.24, 2.45) is 0 Å². The smallest absolute Gasteiger partial charge is 0.414 e. The highest BCUT2D eigenvalue weighted by molar-refractivity contribution is 6.27. The first-order chi connectivity index (χ1) is 11.9. The second-order valence-corrected chi connectivity index (χ2v) is 4.91. The minimum Gasteiger partial charge on any atom is -0.473 e. The van der Waals surface area contributed by atoms with E-state index in [0.717, 1.165) is 18.5 Å². The van der Waals surface area contributed by atoms with E-state index in [4.69, 9.17) is 19.8 Å². The highest BCUT2D eigenvalue weighted by Gasteiger charge is 2.11. The summed E-state index contributed by atoms with van der Waals surface area (Å²) in [5, 5.41) is 28.9. The van der Waals surface area contributed by atoms with Gasteiger partial charge in [-0.1, -0.05) is 48.5 Å². The number of carboxylic acids is 2. The Balaban J connectivity index is 0.000000450. The van der Waals surface area contributed by atoms with E-state index in [0.29, 0.717) is 6.54 Å². The van der Waals surface area contributed by atoms with Crippen LogP contribution >= 0.6 is 0 Å². The second-order valence-electron chi connectivity index (χ2n) is 4.91. The maximum atomic E-state index is 10.9. The highest BCUT2D eigenvalue weighted by atomic mass is 16.6. The quantitative estimate of drug-likeness (QED) is 0.316. The van der Waals surface area contributed by atoms with Crippen LogP contribution in [0, 0.1) is 10.1 Å². The largest absolute Gasteiger partial charge is 0.473 e. The number of nitro benzene ring substituents is 1. The molecule has 0 spiro atoms. The van der Waals surface area contributed by atoms with Crippen molar-refractivity contribution in [1.82, 2.24) is 5.32 Å². The number of nitro groups is 1. The lowest BCUT2D eigenvalue weighted by molar-refractivity contribution is -0.385. The summed E-state index contributed by atoms with van der Waals surface area (Å²) in [6, 6.07) is 17.0. The first kappa shape index (κ1) is 19.8. The zero-order valence-electron chi connectivity index (χ0n) is 13.3. The van der Waals surface area contributed by atoms with Crippen LogP contribution in [0.15, 0.2) is 54.6 Å². The third-order valence-electron chi connectivity index (χ3n) is 3.12. The summed E-state index contributed by atoms with van der Waals surface area (Å²) >= 11 is 0. The van der Waals surface area contributed by atoms with Gasteiger partial charge in [0.05, 0.1) is 4.92 Å². The minimum absolute atomic E-state index is 0.176. The molecule has 8 heteroatoms. The SMILES string of the molecule is O=C(O)C(=O)O.O=[N+]([O-])c1ccccc1CNCCc1ccccc1. The van der Waals surface area contributed by atoms with Gasteiger partial charge in [0.25, 0.3) is 5.69 Å². The predicted octanol–water partition coefficient (Wildman–Crippen LogP) is 2.08. The van der Waals surface area contributed by atoms with E-state index in [1.54, 1.807) is 12.1 Å². The molecule has 2 rings (SSSR count). The summed E-state index contributed by atoms with van der Waals surface area (Å²) in [6.07, 6.45) is 0.918. The van der Waals surface area contributed by atoms with E-state index in [1.807, 2.05) is 24.3 Å². The lowest BCUT2D eigenvalue weighted by Gasteiger charge is -2.05. The molecule has 0 aliphatic carbocycles. The lowest BCUT2D eigenvalue weighted by atomic mass is 10.1. The molecule has 0 aliphatic heterocycles. The average molecular weight is 346 g/mol. The number of carbonyl (C=O) groups is 2. The van der Waals surface area contributed by atoms with Gasteiger partial charge < -0.3 is 15.5 Å². The second kappa shape index (κ2) is 10.5. The van der Waals surface area contributed by atoms with Crippen molar-refractivity contribution in [2.75, 3.05) is 6.54 Å². The van der Waals surface area contributed by atoms with Gasteiger partial charge in [-0.05, 0) is 18.5 Å². The molecular formula is C17H18N2O6. The number of para-hydroxylation sites is 1. The maximum absolute atomic E-state index is 10.9. The zero-order valence-corrected chi connectivity index (χ0v) is 13.3. The summed E-state index contributed by atoms with van der Waals surface area (Å²) in [5.41, 5.74) is 2.16. The zero-order chi connectivity index (χ0) is 18.7. The molecule has 0 fully saturated rings. The van der Waals surface area contributed by atoms with E-state index in [-0.39, 0.29) is 10.6 Å². The van der Waals surface area contributed by atoms with E-state index in [1.165, 1.54) is 11.6 Å². The summed E-state index contributed by atoms with van der Waals surface area (Å²) in [7, 11) is 0. The number of rotatable bonds is 6. The number of hydrogen-bond acceptors (Lipinski definition) is 5. The van der Waals surface area contributed by atoms with Crippen LogP contribution in [-0.4, -0.2) is 33.6 Å². The van der Waals surface area contributed by atoms with E-state index < -0.39 is 11.9 Å². The van der Waals surface area contributed by atoms with Crippen LogP contribution in [0.1, 0.15) is 11.1 Å². The van der Waals surface area contributed by atoms with Crippen molar-refractivity contribution in [1.29, 1.82) is 0 Å². The Kier molecular flexibility index (Phi) is 8.31. The van der Waals surface area contributed by atoms with Gasteiger partial charge >= 0.3 is 11.9 Å². The van der Waals surface area contributed by atoms with E-state index in [2.05, 4.69) is 17.4 Å². The Morgan fingerprint density at radius 1 is 0.960 bits per heavy atom. The Labute approximate surface area is 143 Å². The van der Waals surface area contributed by atoms with Crippen molar-refractivity contribution >= 4 is 17.6 Å². The molecule has 2 aromatic rings. The van der Waals surface area contributed by atoms with Crippen molar-refractivity contribution in [3.05, 3.63) is 75.8 Å². The Bertz CT molecular complexity index is 706. The molecule has 2 aromatic carbocycles. The fourth-order valence-corrected chi connectivity index (χ4v) is 1.94. The summed E-state index contributed by atoms with van der Waals surface area (Å²) in [5.74, 6) is -3.65. The van der Waals surface area contributed by atoms with Gasteiger partial charge in [-0.25, -0.2) is 9.59 Å². The third kappa shape index (κ3) is 7.71. The number of benzene rings is 2. The van der Waals surface area contributed by atoms with Crippen LogP contribution in [-0.2, 0) is 22.6 Å². The van der Waals surface area contributed by atoms with Gasteiger partial charge in [-0.3, -0.25) is 10.1 Å². The highest BCUT2D eigenvalue weighted by Crippen LogP contribution is 2.16. The van der Waals surface area contributed by atoms with Crippen molar-refractivity contribution < 1.29 is 24.7 Å². The van der Waals surface area contributed by atoms with Crippen molar-refractivity contribution in [3.8, 4) is 0 Å². The molecule has 132 valence electrons. The molecule has 8 nitrogen and oxygen atoms in total. The molecule has 0 aliphatic rings. The topological polar surface area (TPSA) is 130 Å². The number of aliphatic carboxylic acids is 2. The van der Waals surface area contributed by atoms with Gasteiger partial charge in [0.2, 0.25) is 0 Å². The molecule has 0 heterocycles. The number of nitrogens with zero attached hydrogens (tertiary/aromatic N) is 1. The molecule has 0 unspecified atom stereocenters. The van der Waals surface area contributed by atoms with Gasteiger partial charge in [0, 0.05) is 18.2 Å². The van der Waals surface area contributed by atoms with Gasteiger partial charge in [-0.15, -0.1) is 0 Å². The molecule has 0 bridgehead atoms. The molecule has 0 aromatic heterocycles. The molecule has 0 atom stereocenters. The molecule has 0 radical (unpaired) electrons. The Hall–Kier alpha value is -3.26. The molecule has 3 N–H and O–H groups in total. The fraction of sp³-hybridized carbons (Fsp3) is 0.176. The first-order valence-corrected chi connectivity index (χ1v) is 7.35. The maximum Gasteiger partial charge on any atom is 0.414 e. The van der Waals surface area contributed by atoms with E-state index in [9.17, 15) is 10.1 Å². The van der Waals surface area contributed by atoms with Gasteiger partial charge in [0.1, 0.15) is 0 Å². The molecule has 0 amide bonds. The normalized spacial score (nSPS) is 9.60. The summed E-state index contributed by atoms with van der Waals surface area (Å²) in [4.78, 5) is 28.7. The number of hydrogen-bond donors (Lipinski definition) is 3. The standard InChI is InChI=1S/C15H16N2O2.C2H2O4/c18-17(19)15-9-5-4-8-14(15)12-16-11-10-13-6-2-1-3-7-13;3-1(4)2(5)6/h1-9,16H,10-12H2;(H,3,4)(H,5,6). The van der Waals surface area contributed by atoms with Crippen LogP contribution < -0.4 is 5.32 Å². The van der Waals surface area contributed by atoms with Gasteiger partial charge in [0.15, 0.2) is 0 Å². The van der Waals surface area contributed by atoms with Gasteiger partial charge in [-0.2, -0.15) is 0 Å². The molecule has 0 saturated carbocycles. The van der Waals surface area contributed by atoms with E-state index >= 15 is 0 Å². The van der Waals surface area contributed by atoms with Crippen LogP contribution in [0.4, 0.5) is 5.69 Å². The molecule has 25 heavy (non-hydrogen) atoms. The molecule has 0 saturated heterocycles. The Morgan fingerprint density at radius 2 is 1.52 bits per heavy atom. The monoisotopic (exact) mass is 346 g/mol. The first-order valence-electron chi connectivity index (χ1n) is 7.35. The van der Waals surface area contributed by atoms with Crippen molar-refractivity contribution in [2.45, 2.75) is 13.0 Å². The van der Waals surface area contributed by atoms with Crippen molar-refractivity contribution in [3.63, 3.8) is 0 Å². The van der Waals surface area contributed by atoms with Crippen LogP contribution in [0.2, 0.25) is 0 Å². The summed E-state index contributed by atoms with van der Waals surface area (Å²) < 4.78 is 0. The van der Waals surface area contributed by atoms with Crippen LogP contribution in [0.25, 0.3) is 0 Å². The fourth-order valence-electron chi connectivity index (χ4n) is 1.94. The summed E-state index contributed by atoms with van der Waals surface area (Å²) in [6.45, 7) is 1.32. The lowest BCUT2D eigenvalue weighted by Crippen LogP contribution is -2.17. The average Bonchev–Trinajstić information content (AvgIpc) is 2.60. The molecular weight excluding hydrogens is 328 g/mol. The number of nitrogens with one attached hydrogen (secondary N) is 1. The van der Waals surface area contributed by atoms with Crippen LogP contribution in [0.5, 0.6) is 0 Å². The minimum atomic E-state index is -1.82. The van der Waals surface area contributed by atoms with Crippen LogP contribution in [0.3, 0.4) is 0 Å². The third-order valence-corrected chi connectivity index (χ3v) is 3.12. The number of carboxylic acid groups (broad SMARTS) is 2. The Morgan fingerprint density at radius 3 is 2.08 bits per heavy atom.